The fourth-order valence-electron chi connectivity index (χ4n) is 4.59. The molecule has 0 spiro atoms. The molecule has 0 aliphatic carbocycles. The molecule has 3 aromatic rings. The number of aromatic nitrogens is 2. The molecule has 2 aromatic carbocycles. The lowest BCUT2D eigenvalue weighted by Gasteiger charge is -2.28. The van der Waals surface area contributed by atoms with Crippen molar-refractivity contribution in [2.75, 3.05) is 11.4 Å². The first-order valence-corrected chi connectivity index (χ1v) is 11.2. The summed E-state index contributed by atoms with van der Waals surface area (Å²) < 4.78 is 16.2. The van der Waals surface area contributed by atoms with Gasteiger partial charge in [0, 0.05) is 30.2 Å². The van der Waals surface area contributed by atoms with Crippen LogP contribution in [-0.4, -0.2) is 22.2 Å². The molecule has 0 N–H and O–H groups in total. The van der Waals surface area contributed by atoms with E-state index in [9.17, 15) is 9.18 Å². The van der Waals surface area contributed by atoms with Crippen LogP contribution in [0.2, 0.25) is 0 Å². The van der Waals surface area contributed by atoms with E-state index in [2.05, 4.69) is 25.0 Å². The number of anilines is 1. The Balaban J connectivity index is 1.62. The monoisotopic (exact) mass is 419 g/mol. The molecule has 0 bridgehead atoms. The van der Waals surface area contributed by atoms with Gasteiger partial charge in [-0.2, -0.15) is 5.10 Å². The first-order chi connectivity index (χ1) is 15.0. The Kier molecular flexibility index (Phi) is 6.21. The second kappa shape index (κ2) is 9.04. The minimum Gasteiger partial charge on any atom is -0.308 e. The fourth-order valence-corrected chi connectivity index (χ4v) is 4.59. The third kappa shape index (κ3) is 4.55. The number of unbranched alkanes of at least 4 members (excludes halogenated alkanes) is 2. The second-order valence-electron chi connectivity index (χ2n) is 8.90. The molecule has 1 atom stereocenters. The molecule has 1 aliphatic heterocycles. The topological polar surface area (TPSA) is 38.1 Å². The first-order valence-electron chi connectivity index (χ1n) is 11.2. The van der Waals surface area contributed by atoms with Crippen molar-refractivity contribution in [2.45, 2.75) is 52.4 Å². The quantitative estimate of drug-likeness (QED) is 0.447. The minimum atomic E-state index is -0.456. The van der Waals surface area contributed by atoms with Crippen molar-refractivity contribution in [3.63, 3.8) is 0 Å². The Morgan fingerprint density at radius 1 is 1.13 bits per heavy atom. The van der Waals surface area contributed by atoms with Gasteiger partial charge < -0.3 is 4.90 Å². The first kappa shape index (κ1) is 21.3. The predicted molar refractivity (Wildman–Crippen MR) is 122 cm³/mol. The van der Waals surface area contributed by atoms with Crippen LogP contribution < -0.4 is 4.90 Å². The molecule has 2 heterocycles. The van der Waals surface area contributed by atoms with E-state index >= 15 is 0 Å². The maximum atomic E-state index is 14.8. The third-order valence-electron chi connectivity index (χ3n) is 6.41. The van der Waals surface area contributed by atoms with E-state index in [0.717, 1.165) is 24.9 Å². The molecule has 5 heteroatoms. The van der Waals surface area contributed by atoms with Crippen LogP contribution in [0.5, 0.6) is 0 Å². The summed E-state index contributed by atoms with van der Waals surface area (Å²) in [6.07, 6.45) is 10.00. The van der Waals surface area contributed by atoms with E-state index in [1.54, 1.807) is 30.6 Å². The van der Waals surface area contributed by atoms with Gasteiger partial charge in [0.15, 0.2) is 0 Å². The maximum absolute atomic E-state index is 14.8. The van der Waals surface area contributed by atoms with E-state index in [1.807, 2.05) is 23.1 Å². The van der Waals surface area contributed by atoms with Crippen molar-refractivity contribution in [3.05, 3.63) is 77.9 Å². The zero-order chi connectivity index (χ0) is 21.8. The number of nitrogens with zero attached hydrogens (tertiary/aromatic N) is 3. The normalized spacial score (nSPS) is 18.5. The number of halogens is 1. The molecule has 4 rings (SSSR count). The van der Waals surface area contributed by atoms with E-state index in [1.165, 1.54) is 35.6 Å². The molecule has 1 amide bonds. The van der Waals surface area contributed by atoms with E-state index in [0.29, 0.717) is 17.8 Å². The molecular weight excluding hydrogens is 389 g/mol. The highest BCUT2D eigenvalue weighted by molar-refractivity contribution is 6.06. The summed E-state index contributed by atoms with van der Waals surface area (Å²) in [5, 5.41) is 4.08. The van der Waals surface area contributed by atoms with Crippen molar-refractivity contribution >= 4 is 11.6 Å². The Bertz CT molecular complexity index is 1050. The molecule has 1 aliphatic rings. The SMILES string of the molecule is CCCCCC1(C)CCN(C(=O)c2ccc(-n3cccn3)c(F)c2)c2ccccc2C1. The van der Waals surface area contributed by atoms with E-state index < -0.39 is 5.82 Å². The van der Waals surface area contributed by atoms with Crippen LogP contribution >= 0.6 is 0 Å². The van der Waals surface area contributed by atoms with Gasteiger partial charge in [0.05, 0.1) is 0 Å². The lowest BCUT2D eigenvalue weighted by atomic mass is 9.77. The Hall–Kier alpha value is -2.95. The summed E-state index contributed by atoms with van der Waals surface area (Å²) in [6, 6.07) is 14.5. The number of carbonyl (C=O) groups excluding carboxylic acids is 1. The van der Waals surface area contributed by atoms with Crippen LogP contribution in [0.3, 0.4) is 0 Å². The maximum Gasteiger partial charge on any atom is 0.258 e. The minimum absolute atomic E-state index is 0.156. The number of hydrogen-bond acceptors (Lipinski definition) is 2. The van der Waals surface area contributed by atoms with Crippen LogP contribution in [0.4, 0.5) is 10.1 Å². The van der Waals surface area contributed by atoms with Gasteiger partial charge in [-0.3, -0.25) is 4.79 Å². The van der Waals surface area contributed by atoms with Gasteiger partial charge in [-0.1, -0.05) is 51.3 Å². The molecule has 0 saturated heterocycles. The average Bonchev–Trinajstić information content (AvgIpc) is 3.24. The van der Waals surface area contributed by atoms with Crippen molar-refractivity contribution < 1.29 is 9.18 Å². The number of benzene rings is 2. The van der Waals surface area contributed by atoms with Gasteiger partial charge in [0.25, 0.3) is 5.91 Å². The summed E-state index contributed by atoms with van der Waals surface area (Å²) in [6.45, 7) is 5.20. The number of fused-ring (bicyclic) bond motifs is 1. The zero-order valence-electron chi connectivity index (χ0n) is 18.4. The highest BCUT2D eigenvalue weighted by atomic mass is 19.1. The Morgan fingerprint density at radius 3 is 2.71 bits per heavy atom. The van der Waals surface area contributed by atoms with E-state index in [-0.39, 0.29) is 11.3 Å². The summed E-state index contributed by atoms with van der Waals surface area (Å²) in [7, 11) is 0. The molecule has 4 nitrogen and oxygen atoms in total. The van der Waals surface area contributed by atoms with Gasteiger partial charge in [0.2, 0.25) is 0 Å². The Labute approximate surface area is 183 Å². The number of amides is 1. The van der Waals surface area contributed by atoms with Crippen molar-refractivity contribution in [1.82, 2.24) is 9.78 Å². The Morgan fingerprint density at radius 2 is 1.97 bits per heavy atom. The lowest BCUT2D eigenvalue weighted by molar-refractivity contribution is 0.0984. The molecule has 0 saturated carbocycles. The zero-order valence-corrected chi connectivity index (χ0v) is 18.4. The lowest BCUT2D eigenvalue weighted by Crippen LogP contribution is -2.33. The van der Waals surface area contributed by atoms with Gasteiger partial charge in [-0.05, 0) is 60.6 Å². The van der Waals surface area contributed by atoms with Crippen LogP contribution in [0.25, 0.3) is 5.69 Å². The highest BCUT2D eigenvalue weighted by Gasteiger charge is 2.32. The van der Waals surface area contributed by atoms with Crippen molar-refractivity contribution in [2.24, 2.45) is 5.41 Å². The smallest absolute Gasteiger partial charge is 0.258 e. The fraction of sp³-hybridized carbons (Fsp3) is 0.385. The summed E-state index contributed by atoms with van der Waals surface area (Å²) in [4.78, 5) is 15.3. The summed E-state index contributed by atoms with van der Waals surface area (Å²) in [5.41, 5.74) is 3.00. The molecule has 162 valence electrons. The summed E-state index contributed by atoms with van der Waals surface area (Å²) in [5.74, 6) is -0.613. The largest absolute Gasteiger partial charge is 0.308 e. The van der Waals surface area contributed by atoms with Gasteiger partial charge in [-0.25, -0.2) is 9.07 Å². The molecular formula is C26H30FN3O. The number of carbonyl (C=O) groups is 1. The second-order valence-corrected chi connectivity index (χ2v) is 8.90. The molecule has 31 heavy (non-hydrogen) atoms. The van der Waals surface area contributed by atoms with Gasteiger partial charge in [0.1, 0.15) is 11.5 Å². The van der Waals surface area contributed by atoms with Gasteiger partial charge in [-0.15, -0.1) is 0 Å². The molecule has 0 fully saturated rings. The van der Waals surface area contributed by atoms with Crippen LogP contribution in [0.1, 0.15) is 61.9 Å². The van der Waals surface area contributed by atoms with Crippen LogP contribution in [-0.2, 0) is 6.42 Å². The molecule has 0 radical (unpaired) electrons. The number of hydrogen-bond donors (Lipinski definition) is 0. The highest BCUT2D eigenvalue weighted by Crippen LogP contribution is 2.40. The number of para-hydroxylation sites is 1. The standard InChI is InChI=1S/C26H30FN3O/c1-3-4-7-13-26(2)14-17-29(23-10-6-5-9-21(23)19-26)25(31)20-11-12-24(22(27)18-20)30-16-8-15-28-30/h5-6,8-12,15-16,18H,3-4,7,13-14,17,19H2,1-2H3. The molecule has 1 aromatic heterocycles. The van der Waals surface area contributed by atoms with Crippen molar-refractivity contribution in [3.8, 4) is 5.69 Å². The number of rotatable bonds is 6. The average molecular weight is 420 g/mol. The van der Waals surface area contributed by atoms with Gasteiger partial charge >= 0.3 is 0 Å². The van der Waals surface area contributed by atoms with Crippen LogP contribution in [0, 0.1) is 11.2 Å². The van der Waals surface area contributed by atoms with Crippen molar-refractivity contribution in [1.29, 1.82) is 0 Å². The summed E-state index contributed by atoms with van der Waals surface area (Å²) >= 11 is 0. The van der Waals surface area contributed by atoms with Crippen LogP contribution in [0.15, 0.2) is 60.9 Å². The predicted octanol–water partition coefficient (Wildman–Crippen LogP) is 6.19. The molecule has 1 unspecified atom stereocenters. The van der Waals surface area contributed by atoms with E-state index in [4.69, 9.17) is 0 Å². The third-order valence-corrected chi connectivity index (χ3v) is 6.41.